The van der Waals surface area contributed by atoms with Gasteiger partial charge >= 0.3 is 5.97 Å². The van der Waals surface area contributed by atoms with Crippen molar-refractivity contribution >= 4 is 35.2 Å². The number of benzene rings is 2. The molecule has 0 N–H and O–H groups in total. The molecule has 3 rings (SSSR count). The van der Waals surface area contributed by atoms with Gasteiger partial charge in [0, 0.05) is 21.9 Å². The first-order valence-corrected chi connectivity index (χ1v) is 9.96. The molecule has 6 heteroatoms. The zero-order valence-electron chi connectivity index (χ0n) is 14.4. The normalized spacial score (nSPS) is 19.4. The number of thioether (sulfide) groups is 1. The number of rotatable bonds is 5. The number of esters is 1. The van der Waals surface area contributed by atoms with Gasteiger partial charge in [0.25, 0.3) is 5.91 Å². The summed E-state index contributed by atoms with van der Waals surface area (Å²) in [7, 11) is 0. The van der Waals surface area contributed by atoms with Gasteiger partial charge in [-0.1, -0.05) is 54.9 Å². The molecule has 0 radical (unpaired) electrons. The monoisotopic (exact) mass is 389 g/mol. The summed E-state index contributed by atoms with van der Waals surface area (Å²) < 4.78 is 5.33. The highest BCUT2D eigenvalue weighted by Crippen LogP contribution is 2.44. The molecule has 0 bridgehead atoms. The summed E-state index contributed by atoms with van der Waals surface area (Å²) in [6, 6.07) is 15.8. The van der Waals surface area contributed by atoms with E-state index in [-0.39, 0.29) is 17.3 Å². The van der Waals surface area contributed by atoms with Crippen LogP contribution >= 0.6 is 23.4 Å². The van der Waals surface area contributed by atoms with E-state index in [4.69, 9.17) is 16.3 Å². The minimum Gasteiger partial charge on any atom is -0.464 e. The van der Waals surface area contributed by atoms with Crippen molar-refractivity contribution in [3.05, 3.63) is 70.7 Å². The van der Waals surface area contributed by atoms with Gasteiger partial charge in [0.2, 0.25) is 0 Å². The number of hydrogen-bond acceptors (Lipinski definition) is 4. The van der Waals surface area contributed by atoms with Crippen molar-refractivity contribution in [1.82, 2.24) is 4.90 Å². The van der Waals surface area contributed by atoms with Crippen LogP contribution in [0.2, 0.25) is 5.02 Å². The Morgan fingerprint density at radius 3 is 2.54 bits per heavy atom. The smallest absolute Gasteiger partial charge is 0.329 e. The SMILES string of the molecule is CCCOC(=O)[C@H]1CS[C@H](c2ccccc2Cl)N1C(=O)c1ccccc1. The third kappa shape index (κ3) is 3.89. The van der Waals surface area contributed by atoms with Crippen molar-refractivity contribution in [2.75, 3.05) is 12.4 Å². The molecule has 1 heterocycles. The molecule has 0 saturated carbocycles. The van der Waals surface area contributed by atoms with E-state index in [9.17, 15) is 9.59 Å². The molecule has 1 amide bonds. The molecule has 0 unspecified atom stereocenters. The lowest BCUT2D eigenvalue weighted by molar-refractivity contribution is -0.148. The fraction of sp³-hybridized carbons (Fsp3) is 0.300. The topological polar surface area (TPSA) is 46.6 Å². The van der Waals surface area contributed by atoms with Gasteiger partial charge in [0.05, 0.1) is 6.61 Å². The zero-order valence-corrected chi connectivity index (χ0v) is 16.0. The lowest BCUT2D eigenvalue weighted by Crippen LogP contribution is -2.44. The van der Waals surface area contributed by atoms with Gasteiger partial charge in [0.15, 0.2) is 0 Å². The standard InChI is InChI=1S/C20H20ClNO3S/c1-2-12-25-20(24)17-13-26-19(15-10-6-7-11-16(15)21)22(17)18(23)14-8-4-3-5-9-14/h3-11,17,19H,2,12-13H2,1H3/t17-,19-/m1/s1. The van der Waals surface area contributed by atoms with Crippen molar-refractivity contribution in [3.8, 4) is 0 Å². The molecule has 1 saturated heterocycles. The predicted molar refractivity (Wildman–Crippen MR) is 104 cm³/mol. The molecular weight excluding hydrogens is 370 g/mol. The summed E-state index contributed by atoms with van der Waals surface area (Å²) in [4.78, 5) is 27.4. The maximum Gasteiger partial charge on any atom is 0.329 e. The van der Waals surface area contributed by atoms with Crippen LogP contribution in [0.15, 0.2) is 54.6 Å². The van der Waals surface area contributed by atoms with Crippen LogP contribution in [0.1, 0.15) is 34.6 Å². The zero-order chi connectivity index (χ0) is 18.5. The molecule has 2 aromatic carbocycles. The molecule has 1 aliphatic rings. The highest BCUT2D eigenvalue weighted by molar-refractivity contribution is 7.99. The summed E-state index contributed by atoms with van der Waals surface area (Å²) >= 11 is 7.89. The maximum absolute atomic E-state index is 13.2. The van der Waals surface area contributed by atoms with Crippen molar-refractivity contribution in [2.24, 2.45) is 0 Å². The van der Waals surface area contributed by atoms with Crippen molar-refractivity contribution in [2.45, 2.75) is 24.8 Å². The van der Waals surface area contributed by atoms with Crippen LogP contribution in [0.5, 0.6) is 0 Å². The lowest BCUT2D eigenvalue weighted by Gasteiger charge is -2.29. The quantitative estimate of drug-likeness (QED) is 0.704. The van der Waals surface area contributed by atoms with Crippen LogP contribution in [0.4, 0.5) is 0 Å². The van der Waals surface area contributed by atoms with E-state index < -0.39 is 6.04 Å². The fourth-order valence-electron chi connectivity index (χ4n) is 2.88. The Morgan fingerprint density at radius 2 is 1.85 bits per heavy atom. The maximum atomic E-state index is 13.2. The average molecular weight is 390 g/mol. The first kappa shape index (κ1) is 18.8. The van der Waals surface area contributed by atoms with E-state index in [0.29, 0.717) is 22.9 Å². The first-order valence-electron chi connectivity index (χ1n) is 8.54. The minimum absolute atomic E-state index is 0.195. The second-order valence-corrected chi connectivity index (χ2v) is 7.49. The van der Waals surface area contributed by atoms with E-state index in [0.717, 1.165) is 12.0 Å². The average Bonchev–Trinajstić information content (AvgIpc) is 3.11. The number of halogens is 1. The van der Waals surface area contributed by atoms with Gasteiger partial charge in [-0.3, -0.25) is 4.79 Å². The van der Waals surface area contributed by atoms with Crippen LogP contribution in [-0.4, -0.2) is 35.2 Å². The Morgan fingerprint density at radius 1 is 1.15 bits per heavy atom. The van der Waals surface area contributed by atoms with Gasteiger partial charge in [-0.2, -0.15) is 0 Å². The minimum atomic E-state index is -0.625. The molecule has 0 aromatic heterocycles. The number of carbonyl (C=O) groups is 2. The van der Waals surface area contributed by atoms with Crippen molar-refractivity contribution in [1.29, 1.82) is 0 Å². The summed E-state index contributed by atoms with van der Waals surface area (Å²) in [5.41, 5.74) is 1.37. The number of hydrogen-bond donors (Lipinski definition) is 0. The summed E-state index contributed by atoms with van der Waals surface area (Å²) in [5.74, 6) is -0.0750. The van der Waals surface area contributed by atoms with Crippen molar-refractivity contribution in [3.63, 3.8) is 0 Å². The molecular formula is C20H20ClNO3S. The molecule has 0 aliphatic carbocycles. The van der Waals surface area contributed by atoms with Gasteiger partial charge in [-0.05, 0) is 24.6 Å². The highest BCUT2D eigenvalue weighted by Gasteiger charge is 2.44. The number of ether oxygens (including phenoxy) is 1. The molecule has 136 valence electrons. The molecule has 1 aliphatic heterocycles. The number of nitrogens with zero attached hydrogens (tertiary/aromatic N) is 1. The molecule has 2 atom stereocenters. The van der Waals surface area contributed by atoms with Gasteiger partial charge in [0.1, 0.15) is 11.4 Å². The van der Waals surface area contributed by atoms with Crippen LogP contribution in [0, 0.1) is 0 Å². The van der Waals surface area contributed by atoms with Crippen molar-refractivity contribution < 1.29 is 14.3 Å². The molecule has 1 fully saturated rings. The number of amides is 1. The van der Waals surface area contributed by atoms with E-state index >= 15 is 0 Å². The Kier molecular flexibility index (Phi) is 6.22. The van der Waals surface area contributed by atoms with Crippen LogP contribution in [0.25, 0.3) is 0 Å². The molecule has 26 heavy (non-hydrogen) atoms. The lowest BCUT2D eigenvalue weighted by atomic mass is 10.1. The largest absolute Gasteiger partial charge is 0.464 e. The predicted octanol–water partition coefficient (Wildman–Crippen LogP) is 4.55. The van der Waals surface area contributed by atoms with Gasteiger partial charge in [-0.15, -0.1) is 11.8 Å². The fourth-order valence-corrected chi connectivity index (χ4v) is 4.63. The third-order valence-corrected chi connectivity index (χ3v) is 5.80. The summed E-state index contributed by atoms with van der Waals surface area (Å²) in [5, 5.41) is 0.258. The summed E-state index contributed by atoms with van der Waals surface area (Å²) in [6.45, 7) is 2.29. The van der Waals surface area contributed by atoms with E-state index in [1.807, 2.05) is 43.3 Å². The Labute approximate surface area is 162 Å². The molecule has 4 nitrogen and oxygen atoms in total. The Hall–Kier alpha value is -1.98. The first-order chi connectivity index (χ1) is 12.6. The third-order valence-electron chi connectivity index (χ3n) is 4.15. The van der Waals surface area contributed by atoms with E-state index in [1.165, 1.54) is 11.8 Å². The second-order valence-electron chi connectivity index (χ2n) is 5.97. The van der Waals surface area contributed by atoms with Crippen LogP contribution in [0.3, 0.4) is 0 Å². The second kappa shape index (κ2) is 8.60. The molecule has 2 aromatic rings. The van der Waals surface area contributed by atoms with Gasteiger partial charge in [-0.25, -0.2) is 4.79 Å². The van der Waals surface area contributed by atoms with Crippen LogP contribution < -0.4 is 0 Å². The van der Waals surface area contributed by atoms with E-state index in [2.05, 4.69) is 0 Å². The highest BCUT2D eigenvalue weighted by atomic mass is 35.5. The Balaban J connectivity index is 1.96. The number of carbonyl (C=O) groups excluding carboxylic acids is 2. The van der Waals surface area contributed by atoms with Gasteiger partial charge < -0.3 is 9.64 Å². The Bertz CT molecular complexity index is 784. The summed E-state index contributed by atoms with van der Waals surface area (Å²) in [6.07, 6.45) is 0.742. The van der Waals surface area contributed by atoms with Crippen LogP contribution in [-0.2, 0) is 9.53 Å². The van der Waals surface area contributed by atoms with E-state index in [1.54, 1.807) is 23.1 Å². The molecule has 0 spiro atoms.